The number of carboxylic acids is 1. The van der Waals surface area contributed by atoms with E-state index in [1.807, 2.05) is 32.0 Å². The number of anilines is 1. The molecule has 0 radical (unpaired) electrons. The van der Waals surface area contributed by atoms with Crippen molar-refractivity contribution in [3.63, 3.8) is 0 Å². The van der Waals surface area contributed by atoms with E-state index in [9.17, 15) is 9.59 Å². The molecule has 1 heterocycles. The molecule has 0 aliphatic heterocycles. The van der Waals surface area contributed by atoms with Crippen LogP contribution in [0.5, 0.6) is 0 Å². The van der Waals surface area contributed by atoms with Crippen LogP contribution in [0, 0.1) is 13.8 Å². The molecule has 0 atom stereocenters. The molecule has 1 aromatic heterocycles. The first-order chi connectivity index (χ1) is 10.5. The maximum atomic E-state index is 12.7. The van der Waals surface area contributed by atoms with Gasteiger partial charge in [-0.15, -0.1) is 0 Å². The number of aryl methyl sites for hydroxylation is 2. The predicted molar refractivity (Wildman–Crippen MR) is 84.1 cm³/mol. The SMILES string of the molecule is Cc1ccc(C)c(N(CCC(=O)O)C(=O)c2cccnc2)c1. The van der Waals surface area contributed by atoms with Crippen molar-refractivity contribution in [3.8, 4) is 0 Å². The lowest BCUT2D eigenvalue weighted by Crippen LogP contribution is -2.33. The number of rotatable bonds is 5. The third-order valence-electron chi connectivity index (χ3n) is 3.36. The summed E-state index contributed by atoms with van der Waals surface area (Å²) < 4.78 is 0. The summed E-state index contributed by atoms with van der Waals surface area (Å²) in [5.74, 6) is -1.18. The summed E-state index contributed by atoms with van der Waals surface area (Å²) in [6.07, 6.45) is 2.97. The van der Waals surface area contributed by atoms with E-state index in [1.165, 1.54) is 11.1 Å². The number of carbonyl (C=O) groups excluding carboxylic acids is 1. The van der Waals surface area contributed by atoms with Gasteiger partial charge in [0.2, 0.25) is 0 Å². The minimum Gasteiger partial charge on any atom is -0.481 e. The van der Waals surface area contributed by atoms with E-state index in [0.717, 1.165) is 16.8 Å². The third kappa shape index (κ3) is 3.69. The van der Waals surface area contributed by atoms with Crippen molar-refractivity contribution >= 4 is 17.6 Å². The van der Waals surface area contributed by atoms with Crippen LogP contribution in [0.1, 0.15) is 27.9 Å². The predicted octanol–water partition coefficient (Wildman–Crippen LogP) is 2.82. The standard InChI is InChI=1S/C17H18N2O3/c1-12-5-6-13(2)15(10-12)19(9-7-16(20)21)17(22)14-4-3-8-18-11-14/h3-6,8,10-11H,7,9H2,1-2H3,(H,20,21). The molecule has 2 rings (SSSR count). The summed E-state index contributed by atoms with van der Waals surface area (Å²) in [6, 6.07) is 9.14. The summed E-state index contributed by atoms with van der Waals surface area (Å²) in [7, 11) is 0. The van der Waals surface area contributed by atoms with Gasteiger partial charge in [-0.25, -0.2) is 0 Å². The number of carboxylic acid groups (broad SMARTS) is 1. The molecule has 0 saturated heterocycles. The molecule has 5 heteroatoms. The highest BCUT2D eigenvalue weighted by Gasteiger charge is 2.20. The van der Waals surface area contributed by atoms with Crippen molar-refractivity contribution in [1.82, 2.24) is 4.98 Å². The van der Waals surface area contributed by atoms with E-state index < -0.39 is 5.97 Å². The second-order valence-corrected chi connectivity index (χ2v) is 5.13. The van der Waals surface area contributed by atoms with Crippen LogP contribution in [0.4, 0.5) is 5.69 Å². The van der Waals surface area contributed by atoms with Gasteiger partial charge in [-0.2, -0.15) is 0 Å². The summed E-state index contributed by atoms with van der Waals surface area (Å²) in [5.41, 5.74) is 3.11. The Hall–Kier alpha value is -2.69. The van der Waals surface area contributed by atoms with Gasteiger partial charge in [-0.1, -0.05) is 12.1 Å². The molecule has 22 heavy (non-hydrogen) atoms. The molecule has 0 aliphatic rings. The molecule has 0 unspecified atom stereocenters. The number of aromatic nitrogens is 1. The molecule has 2 aromatic rings. The maximum absolute atomic E-state index is 12.7. The van der Waals surface area contributed by atoms with Crippen molar-refractivity contribution in [2.45, 2.75) is 20.3 Å². The van der Waals surface area contributed by atoms with Crippen LogP contribution in [-0.4, -0.2) is 28.5 Å². The number of aliphatic carboxylic acids is 1. The van der Waals surface area contributed by atoms with Crippen LogP contribution in [-0.2, 0) is 4.79 Å². The van der Waals surface area contributed by atoms with Crippen molar-refractivity contribution < 1.29 is 14.7 Å². The molecule has 0 fully saturated rings. The van der Waals surface area contributed by atoms with E-state index in [0.29, 0.717) is 5.56 Å². The zero-order chi connectivity index (χ0) is 16.1. The second kappa shape index (κ2) is 6.85. The molecular weight excluding hydrogens is 280 g/mol. The lowest BCUT2D eigenvalue weighted by molar-refractivity contribution is -0.136. The van der Waals surface area contributed by atoms with Gasteiger partial charge in [0.05, 0.1) is 12.0 Å². The minimum absolute atomic E-state index is 0.112. The first-order valence-electron chi connectivity index (χ1n) is 7.00. The number of benzene rings is 1. The number of amides is 1. The first-order valence-corrected chi connectivity index (χ1v) is 7.00. The Morgan fingerprint density at radius 3 is 2.64 bits per heavy atom. The molecule has 1 amide bonds. The summed E-state index contributed by atoms with van der Waals surface area (Å²) in [4.78, 5) is 29.1. The quantitative estimate of drug-likeness (QED) is 0.921. The fraction of sp³-hybridized carbons (Fsp3) is 0.235. The Bertz CT molecular complexity index is 684. The molecule has 1 N–H and O–H groups in total. The van der Waals surface area contributed by atoms with E-state index >= 15 is 0 Å². The van der Waals surface area contributed by atoms with E-state index in [4.69, 9.17) is 5.11 Å². The average Bonchev–Trinajstić information content (AvgIpc) is 2.51. The van der Waals surface area contributed by atoms with Gasteiger partial charge in [-0.05, 0) is 43.2 Å². The van der Waals surface area contributed by atoms with Crippen molar-refractivity contribution in [1.29, 1.82) is 0 Å². The Kier molecular flexibility index (Phi) is 4.88. The van der Waals surface area contributed by atoms with Gasteiger partial charge in [0, 0.05) is 24.6 Å². The number of carbonyl (C=O) groups is 2. The van der Waals surface area contributed by atoms with Crippen LogP contribution in [0.2, 0.25) is 0 Å². The number of hydrogen-bond donors (Lipinski definition) is 1. The zero-order valence-electron chi connectivity index (χ0n) is 12.6. The molecule has 0 spiro atoms. The van der Waals surface area contributed by atoms with Crippen molar-refractivity contribution in [2.24, 2.45) is 0 Å². The molecular formula is C17H18N2O3. The topological polar surface area (TPSA) is 70.5 Å². The van der Waals surface area contributed by atoms with E-state index in [2.05, 4.69) is 4.98 Å². The summed E-state index contributed by atoms with van der Waals surface area (Å²) in [5, 5.41) is 8.94. The first kappa shape index (κ1) is 15.7. The highest BCUT2D eigenvalue weighted by molar-refractivity contribution is 6.06. The second-order valence-electron chi connectivity index (χ2n) is 5.13. The smallest absolute Gasteiger partial charge is 0.305 e. The van der Waals surface area contributed by atoms with Crippen LogP contribution < -0.4 is 4.90 Å². The normalized spacial score (nSPS) is 10.3. The Labute approximate surface area is 129 Å². The lowest BCUT2D eigenvalue weighted by Gasteiger charge is -2.24. The number of pyridine rings is 1. The maximum Gasteiger partial charge on any atom is 0.305 e. The van der Waals surface area contributed by atoms with Crippen LogP contribution in [0.15, 0.2) is 42.7 Å². The van der Waals surface area contributed by atoms with Crippen molar-refractivity contribution in [3.05, 3.63) is 59.4 Å². The minimum atomic E-state index is -0.936. The highest BCUT2D eigenvalue weighted by atomic mass is 16.4. The number of hydrogen-bond acceptors (Lipinski definition) is 3. The summed E-state index contributed by atoms with van der Waals surface area (Å²) in [6.45, 7) is 3.96. The third-order valence-corrected chi connectivity index (χ3v) is 3.36. The zero-order valence-corrected chi connectivity index (χ0v) is 12.6. The largest absolute Gasteiger partial charge is 0.481 e. The van der Waals surface area contributed by atoms with Crippen molar-refractivity contribution in [2.75, 3.05) is 11.4 Å². The van der Waals surface area contributed by atoms with Gasteiger partial charge in [0.1, 0.15) is 0 Å². The lowest BCUT2D eigenvalue weighted by atomic mass is 10.1. The Balaban J connectivity index is 2.40. The van der Waals surface area contributed by atoms with Crippen LogP contribution in [0.3, 0.4) is 0 Å². The van der Waals surface area contributed by atoms with Crippen LogP contribution in [0.25, 0.3) is 0 Å². The van der Waals surface area contributed by atoms with Gasteiger partial charge >= 0.3 is 5.97 Å². The fourth-order valence-electron chi connectivity index (χ4n) is 2.19. The fourth-order valence-corrected chi connectivity index (χ4v) is 2.19. The molecule has 114 valence electrons. The Morgan fingerprint density at radius 2 is 2.00 bits per heavy atom. The Morgan fingerprint density at radius 1 is 1.23 bits per heavy atom. The van der Waals surface area contributed by atoms with Gasteiger partial charge in [0.15, 0.2) is 0 Å². The van der Waals surface area contributed by atoms with E-state index in [-0.39, 0.29) is 18.9 Å². The van der Waals surface area contributed by atoms with Crippen LogP contribution >= 0.6 is 0 Å². The monoisotopic (exact) mass is 298 g/mol. The number of nitrogens with zero attached hydrogens (tertiary/aromatic N) is 2. The van der Waals surface area contributed by atoms with Gasteiger partial charge in [0.25, 0.3) is 5.91 Å². The molecule has 0 bridgehead atoms. The summed E-state index contributed by atoms with van der Waals surface area (Å²) >= 11 is 0. The van der Waals surface area contributed by atoms with Gasteiger partial charge in [-0.3, -0.25) is 14.6 Å². The molecule has 0 saturated carbocycles. The molecule has 5 nitrogen and oxygen atoms in total. The molecule has 0 aliphatic carbocycles. The highest BCUT2D eigenvalue weighted by Crippen LogP contribution is 2.23. The molecule has 1 aromatic carbocycles. The van der Waals surface area contributed by atoms with Gasteiger partial charge < -0.3 is 10.0 Å². The van der Waals surface area contributed by atoms with E-state index in [1.54, 1.807) is 18.3 Å². The average molecular weight is 298 g/mol.